The van der Waals surface area contributed by atoms with Crippen molar-refractivity contribution in [3.05, 3.63) is 0 Å². The van der Waals surface area contributed by atoms with E-state index >= 15 is 0 Å². The van der Waals surface area contributed by atoms with Gasteiger partial charge in [0.05, 0.1) is 6.61 Å². The molecule has 5 heteroatoms. The van der Waals surface area contributed by atoms with E-state index in [1.807, 2.05) is 0 Å². The van der Waals surface area contributed by atoms with Crippen molar-refractivity contribution in [2.24, 2.45) is 0 Å². The first-order chi connectivity index (χ1) is 4.06. The highest BCUT2D eigenvalue weighted by atomic mass is 32.3. The van der Waals surface area contributed by atoms with E-state index in [9.17, 15) is 8.42 Å². The van der Waals surface area contributed by atoms with Crippen molar-refractivity contribution in [2.45, 2.75) is 6.42 Å². The molecule has 9 heavy (non-hydrogen) atoms. The minimum absolute atomic E-state index is 0.166. The third-order valence-electron chi connectivity index (χ3n) is 0.479. The van der Waals surface area contributed by atoms with Crippen LogP contribution in [0.25, 0.3) is 0 Å². The summed E-state index contributed by atoms with van der Waals surface area (Å²) in [6.07, 6.45) is 4.92. The third kappa shape index (κ3) is 7.43. The van der Waals surface area contributed by atoms with Gasteiger partial charge in [-0.25, -0.2) is 4.18 Å². The molecule has 0 atom stereocenters. The quantitative estimate of drug-likeness (QED) is 0.344. The van der Waals surface area contributed by atoms with Crippen molar-refractivity contribution in [1.29, 1.82) is 0 Å². The highest BCUT2D eigenvalue weighted by molar-refractivity contribution is 7.80. The molecule has 0 aliphatic rings. The summed E-state index contributed by atoms with van der Waals surface area (Å²) in [7, 11) is -4.29. The number of rotatable bonds is 3. The first-order valence-electron chi connectivity index (χ1n) is 2.11. The monoisotopic (exact) mass is 150 g/mol. The summed E-state index contributed by atoms with van der Waals surface area (Å²) < 4.78 is 31.3. The summed E-state index contributed by atoms with van der Waals surface area (Å²) >= 11 is 0. The molecular formula is C4H6O4S. The summed E-state index contributed by atoms with van der Waals surface area (Å²) in [5, 5.41) is 0. The molecule has 0 saturated carbocycles. The van der Waals surface area contributed by atoms with Crippen LogP contribution in [0.4, 0.5) is 0 Å². The van der Waals surface area contributed by atoms with E-state index in [2.05, 4.69) is 10.1 Å². The normalized spacial score (nSPS) is 10.7. The number of terminal acetylenes is 1. The van der Waals surface area contributed by atoms with E-state index in [0.717, 1.165) is 0 Å². The van der Waals surface area contributed by atoms with E-state index in [1.165, 1.54) is 0 Å². The lowest BCUT2D eigenvalue weighted by Gasteiger charge is -1.92. The maximum atomic E-state index is 9.77. The SMILES string of the molecule is C#CCCOS(=O)(=O)O. The highest BCUT2D eigenvalue weighted by Crippen LogP contribution is 1.86. The van der Waals surface area contributed by atoms with Crippen LogP contribution >= 0.6 is 0 Å². The number of hydrogen-bond donors (Lipinski definition) is 1. The average molecular weight is 150 g/mol. The van der Waals surface area contributed by atoms with E-state index in [0.29, 0.717) is 0 Å². The molecule has 0 rings (SSSR count). The lowest BCUT2D eigenvalue weighted by molar-refractivity contribution is 0.275. The second-order valence-corrected chi connectivity index (χ2v) is 2.29. The van der Waals surface area contributed by atoms with Crippen LogP contribution < -0.4 is 0 Å². The molecule has 0 heterocycles. The van der Waals surface area contributed by atoms with Crippen molar-refractivity contribution in [2.75, 3.05) is 6.61 Å². The molecule has 0 saturated heterocycles. The van der Waals surface area contributed by atoms with Gasteiger partial charge >= 0.3 is 10.4 Å². The Kier molecular flexibility index (Phi) is 3.24. The number of hydrogen-bond acceptors (Lipinski definition) is 3. The smallest absolute Gasteiger partial charge is 0.264 e. The fourth-order valence-electron chi connectivity index (χ4n) is 0.206. The summed E-state index contributed by atoms with van der Waals surface area (Å²) in [6, 6.07) is 0. The fourth-order valence-corrected chi connectivity index (χ4v) is 0.500. The second-order valence-electron chi connectivity index (χ2n) is 1.20. The van der Waals surface area contributed by atoms with Crippen LogP contribution in [0.5, 0.6) is 0 Å². The Balaban J connectivity index is 3.44. The van der Waals surface area contributed by atoms with Crippen LogP contribution in [0.3, 0.4) is 0 Å². The van der Waals surface area contributed by atoms with Crippen LogP contribution in [-0.4, -0.2) is 19.6 Å². The van der Waals surface area contributed by atoms with Crippen molar-refractivity contribution < 1.29 is 17.2 Å². The van der Waals surface area contributed by atoms with Crippen molar-refractivity contribution in [1.82, 2.24) is 0 Å². The molecule has 4 nitrogen and oxygen atoms in total. The Morgan fingerprint density at radius 2 is 2.22 bits per heavy atom. The lowest BCUT2D eigenvalue weighted by atomic mass is 10.5. The van der Waals surface area contributed by atoms with Gasteiger partial charge in [-0.2, -0.15) is 8.42 Å². The van der Waals surface area contributed by atoms with Crippen LogP contribution in [0, 0.1) is 12.3 Å². The molecule has 0 bridgehead atoms. The van der Waals surface area contributed by atoms with Crippen LogP contribution in [0.15, 0.2) is 0 Å². The molecule has 0 aromatic rings. The van der Waals surface area contributed by atoms with Gasteiger partial charge in [0.2, 0.25) is 0 Å². The van der Waals surface area contributed by atoms with Gasteiger partial charge in [0.1, 0.15) is 0 Å². The summed E-state index contributed by atoms with van der Waals surface area (Å²) in [5.41, 5.74) is 0. The molecule has 0 aliphatic heterocycles. The minimum Gasteiger partial charge on any atom is -0.264 e. The zero-order valence-electron chi connectivity index (χ0n) is 4.57. The molecule has 52 valence electrons. The minimum atomic E-state index is -4.29. The van der Waals surface area contributed by atoms with E-state index < -0.39 is 10.4 Å². The summed E-state index contributed by atoms with van der Waals surface area (Å²) in [5.74, 6) is 2.14. The second kappa shape index (κ2) is 3.45. The molecule has 0 aromatic carbocycles. The lowest BCUT2D eigenvalue weighted by Crippen LogP contribution is -2.03. The largest absolute Gasteiger partial charge is 0.397 e. The average Bonchev–Trinajstić information content (AvgIpc) is 1.63. The zero-order chi connectivity index (χ0) is 7.33. The van der Waals surface area contributed by atoms with Crippen LogP contribution in [0.2, 0.25) is 0 Å². The summed E-state index contributed by atoms with van der Waals surface area (Å²) in [6.45, 7) is -0.171. The van der Waals surface area contributed by atoms with Gasteiger partial charge in [0, 0.05) is 6.42 Å². The third-order valence-corrected chi connectivity index (χ3v) is 0.943. The predicted octanol–water partition coefficient (Wildman–Crippen LogP) is -0.171. The Morgan fingerprint density at radius 1 is 1.67 bits per heavy atom. The van der Waals surface area contributed by atoms with Gasteiger partial charge in [-0.1, -0.05) is 0 Å². The Morgan fingerprint density at radius 3 is 2.56 bits per heavy atom. The molecule has 0 aliphatic carbocycles. The van der Waals surface area contributed by atoms with Gasteiger partial charge in [0.15, 0.2) is 0 Å². The molecular weight excluding hydrogens is 144 g/mol. The van der Waals surface area contributed by atoms with Gasteiger partial charge in [-0.3, -0.25) is 4.55 Å². The Bertz CT molecular complexity index is 197. The van der Waals surface area contributed by atoms with Crippen LogP contribution in [0.1, 0.15) is 6.42 Å². The molecule has 0 fully saturated rings. The van der Waals surface area contributed by atoms with Gasteiger partial charge in [-0.15, -0.1) is 12.3 Å². The van der Waals surface area contributed by atoms with Crippen LogP contribution in [-0.2, 0) is 14.6 Å². The first kappa shape index (κ1) is 8.43. The highest BCUT2D eigenvalue weighted by Gasteiger charge is 2.00. The molecule has 0 aromatic heterocycles. The standard InChI is InChI=1S/C4H6O4S/c1-2-3-4-8-9(5,6)7/h1H,3-4H2,(H,5,6,7). The maximum absolute atomic E-state index is 9.77. The topological polar surface area (TPSA) is 63.6 Å². The summed E-state index contributed by atoms with van der Waals surface area (Å²) in [4.78, 5) is 0. The van der Waals surface area contributed by atoms with E-state index in [4.69, 9.17) is 11.0 Å². The Labute approximate surface area is 53.8 Å². The van der Waals surface area contributed by atoms with Crippen molar-refractivity contribution in [3.63, 3.8) is 0 Å². The van der Waals surface area contributed by atoms with Gasteiger partial charge in [0.25, 0.3) is 0 Å². The zero-order valence-corrected chi connectivity index (χ0v) is 5.39. The first-order valence-corrected chi connectivity index (χ1v) is 3.48. The predicted molar refractivity (Wildman–Crippen MR) is 31.0 cm³/mol. The molecule has 0 amide bonds. The molecule has 1 N–H and O–H groups in total. The maximum Gasteiger partial charge on any atom is 0.397 e. The molecule has 0 radical (unpaired) electrons. The van der Waals surface area contributed by atoms with E-state index in [-0.39, 0.29) is 13.0 Å². The molecule has 0 unspecified atom stereocenters. The fraction of sp³-hybridized carbons (Fsp3) is 0.500. The van der Waals surface area contributed by atoms with Gasteiger partial charge < -0.3 is 0 Å². The Hall–Kier alpha value is -0.570. The van der Waals surface area contributed by atoms with E-state index in [1.54, 1.807) is 0 Å². The van der Waals surface area contributed by atoms with Crippen molar-refractivity contribution >= 4 is 10.4 Å². The van der Waals surface area contributed by atoms with Crippen molar-refractivity contribution in [3.8, 4) is 12.3 Å². The van der Waals surface area contributed by atoms with Gasteiger partial charge in [-0.05, 0) is 0 Å². The molecule has 0 spiro atoms.